The van der Waals surface area contributed by atoms with Crippen LogP contribution >= 0.6 is 11.8 Å². The van der Waals surface area contributed by atoms with Gasteiger partial charge in [0.2, 0.25) is 5.12 Å². The lowest BCUT2D eigenvalue weighted by Crippen LogP contribution is -2.46. The van der Waals surface area contributed by atoms with Gasteiger partial charge in [0.1, 0.15) is 0 Å². The van der Waals surface area contributed by atoms with E-state index < -0.39 is 16.4 Å². The molecule has 2 rings (SSSR count). The van der Waals surface area contributed by atoms with E-state index in [0.29, 0.717) is 6.42 Å². The number of carbonyl (C=O) groups excluding carboxylic acids is 2. The Balaban J connectivity index is 2.54. The zero-order valence-corrected chi connectivity index (χ0v) is 10.4. The van der Waals surface area contributed by atoms with Crippen LogP contribution in [0, 0.1) is 10.8 Å². The molecule has 2 unspecified atom stereocenters. The minimum atomic E-state index is -0.877. The molecule has 0 aromatic rings. The van der Waals surface area contributed by atoms with Crippen LogP contribution in [0.15, 0.2) is 0 Å². The summed E-state index contributed by atoms with van der Waals surface area (Å²) < 4.78 is 5.41. The molecule has 0 N–H and O–H groups in total. The molecule has 4 heteroatoms. The standard InChI is InChI=1S/C11H16O3S/c1-9(2)10(3)5-6-11(9,8(13)15-4)14-7(10)12/h5-6H2,1-4H3. The van der Waals surface area contributed by atoms with Crippen LogP contribution in [0.4, 0.5) is 0 Å². The minimum absolute atomic E-state index is 0.0120. The van der Waals surface area contributed by atoms with Gasteiger partial charge in [0.05, 0.1) is 5.41 Å². The SMILES string of the molecule is CSC(=O)C12CCC(C)(C(=O)O1)C2(C)C. The predicted octanol–water partition coefficient (Wildman–Crippen LogP) is 2.00. The van der Waals surface area contributed by atoms with Gasteiger partial charge >= 0.3 is 5.97 Å². The van der Waals surface area contributed by atoms with Gasteiger partial charge in [-0.25, -0.2) is 0 Å². The number of rotatable bonds is 1. The molecule has 1 aliphatic carbocycles. The van der Waals surface area contributed by atoms with Gasteiger partial charge in [0, 0.05) is 5.41 Å². The van der Waals surface area contributed by atoms with Gasteiger partial charge in [-0.05, 0) is 26.0 Å². The summed E-state index contributed by atoms with van der Waals surface area (Å²) in [6, 6.07) is 0. The van der Waals surface area contributed by atoms with Crippen LogP contribution in [0.25, 0.3) is 0 Å². The maximum absolute atomic E-state index is 12.0. The van der Waals surface area contributed by atoms with Crippen LogP contribution in [0.1, 0.15) is 33.6 Å². The molecule has 0 amide bonds. The summed E-state index contributed by atoms with van der Waals surface area (Å²) in [6.45, 7) is 5.86. The van der Waals surface area contributed by atoms with E-state index in [0.717, 1.165) is 18.2 Å². The zero-order valence-electron chi connectivity index (χ0n) is 9.55. The molecule has 0 aromatic heterocycles. The van der Waals surface area contributed by atoms with Crippen molar-refractivity contribution in [2.75, 3.05) is 6.26 Å². The topological polar surface area (TPSA) is 43.4 Å². The summed E-state index contributed by atoms with van der Waals surface area (Å²) in [4.78, 5) is 23.8. The van der Waals surface area contributed by atoms with Crippen molar-refractivity contribution in [3.05, 3.63) is 0 Å². The van der Waals surface area contributed by atoms with Gasteiger partial charge in [0.25, 0.3) is 0 Å². The predicted molar refractivity (Wildman–Crippen MR) is 58.5 cm³/mol. The fourth-order valence-corrected chi connectivity index (χ4v) is 3.60. The second-order valence-electron chi connectivity index (χ2n) is 5.17. The molecule has 0 aromatic carbocycles. The van der Waals surface area contributed by atoms with Gasteiger partial charge in [-0.1, -0.05) is 25.6 Å². The first-order valence-electron chi connectivity index (χ1n) is 5.14. The zero-order chi connectivity index (χ0) is 11.5. The fraction of sp³-hybridized carbons (Fsp3) is 0.818. The molecule has 3 nitrogen and oxygen atoms in total. The van der Waals surface area contributed by atoms with Crippen molar-refractivity contribution < 1.29 is 14.3 Å². The molecule has 1 heterocycles. The van der Waals surface area contributed by atoms with Crippen LogP contribution in [0.3, 0.4) is 0 Å². The molecule has 0 radical (unpaired) electrons. The Morgan fingerprint density at radius 2 is 1.93 bits per heavy atom. The van der Waals surface area contributed by atoms with E-state index in [4.69, 9.17) is 4.74 Å². The van der Waals surface area contributed by atoms with E-state index in [-0.39, 0.29) is 11.1 Å². The monoisotopic (exact) mass is 228 g/mol. The Morgan fingerprint density at radius 3 is 2.27 bits per heavy atom. The molecule has 2 bridgehead atoms. The Bertz CT molecular complexity index is 350. The normalized spacial score (nSPS) is 41.7. The molecule has 2 aliphatic rings. The Morgan fingerprint density at radius 1 is 1.33 bits per heavy atom. The van der Waals surface area contributed by atoms with Crippen molar-refractivity contribution in [3.63, 3.8) is 0 Å². The molecule has 0 spiro atoms. The molecule has 1 aliphatic heterocycles. The average Bonchev–Trinajstić information content (AvgIpc) is 2.47. The third kappa shape index (κ3) is 0.942. The summed E-state index contributed by atoms with van der Waals surface area (Å²) in [5, 5.41) is -0.0120. The number of ether oxygens (including phenoxy) is 1. The van der Waals surface area contributed by atoms with Crippen LogP contribution in [0.2, 0.25) is 0 Å². The van der Waals surface area contributed by atoms with Crippen LogP contribution in [-0.2, 0) is 14.3 Å². The number of hydrogen-bond acceptors (Lipinski definition) is 4. The molecule has 2 fully saturated rings. The molecule has 15 heavy (non-hydrogen) atoms. The lowest BCUT2D eigenvalue weighted by Gasteiger charge is -2.34. The lowest BCUT2D eigenvalue weighted by atomic mass is 9.67. The summed E-state index contributed by atoms with van der Waals surface area (Å²) in [6.07, 6.45) is 3.17. The molecule has 1 saturated heterocycles. The summed E-state index contributed by atoms with van der Waals surface area (Å²) in [7, 11) is 0. The molecular formula is C11H16O3S. The quantitative estimate of drug-likeness (QED) is 0.644. The second-order valence-corrected chi connectivity index (χ2v) is 5.94. The minimum Gasteiger partial charge on any atom is -0.449 e. The Labute approximate surface area is 93.9 Å². The van der Waals surface area contributed by atoms with Gasteiger partial charge in [-0.15, -0.1) is 0 Å². The molecule has 2 atom stereocenters. The number of fused-ring (bicyclic) bond motifs is 2. The van der Waals surface area contributed by atoms with Crippen molar-refractivity contribution in [2.24, 2.45) is 10.8 Å². The highest BCUT2D eigenvalue weighted by Gasteiger charge is 2.75. The van der Waals surface area contributed by atoms with E-state index >= 15 is 0 Å². The van der Waals surface area contributed by atoms with Crippen molar-refractivity contribution >= 4 is 22.8 Å². The Hall–Kier alpha value is -0.510. The summed E-state index contributed by atoms with van der Waals surface area (Å²) in [5.74, 6) is -0.207. The average molecular weight is 228 g/mol. The van der Waals surface area contributed by atoms with Crippen LogP contribution in [-0.4, -0.2) is 22.9 Å². The van der Waals surface area contributed by atoms with Gasteiger partial charge in [0.15, 0.2) is 5.60 Å². The third-order valence-corrected chi connectivity index (χ3v) is 5.30. The van der Waals surface area contributed by atoms with Crippen LogP contribution in [0.5, 0.6) is 0 Å². The highest BCUT2D eigenvalue weighted by atomic mass is 32.2. The largest absolute Gasteiger partial charge is 0.449 e. The van der Waals surface area contributed by atoms with E-state index in [1.807, 2.05) is 20.8 Å². The number of esters is 1. The number of hydrogen-bond donors (Lipinski definition) is 0. The van der Waals surface area contributed by atoms with Gasteiger partial charge in [-0.2, -0.15) is 0 Å². The summed E-state index contributed by atoms with van der Waals surface area (Å²) >= 11 is 1.16. The molecule has 1 saturated carbocycles. The third-order valence-electron chi connectivity index (χ3n) is 4.60. The van der Waals surface area contributed by atoms with E-state index in [2.05, 4.69) is 0 Å². The fourth-order valence-electron chi connectivity index (χ4n) is 2.87. The highest BCUT2D eigenvalue weighted by Crippen LogP contribution is 2.66. The highest BCUT2D eigenvalue weighted by molar-refractivity contribution is 8.13. The van der Waals surface area contributed by atoms with Gasteiger partial charge < -0.3 is 4.74 Å². The van der Waals surface area contributed by atoms with E-state index in [1.54, 1.807) is 6.26 Å². The first-order valence-corrected chi connectivity index (χ1v) is 6.36. The smallest absolute Gasteiger partial charge is 0.313 e. The maximum Gasteiger partial charge on any atom is 0.313 e. The number of carbonyl (C=O) groups is 2. The first-order chi connectivity index (χ1) is 6.82. The Kier molecular flexibility index (Phi) is 2.04. The van der Waals surface area contributed by atoms with Crippen molar-refractivity contribution in [1.29, 1.82) is 0 Å². The van der Waals surface area contributed by atoms with Crippen LogP contribution < -0.4 is 0 Å². The number of thioether (sulfide) groups is 1. The van der Waals surface area contributed by atoms with E-state index in [1.165, 1.54) is 0 Å². The second kappa shape index (κ2) is 2.78. The summed E-state index contributed by atoms with van der Waals surface area (Å²) in [5.41, 5.74) is -1.76. The van der Waals surface area contributed by atoms with Crippen molar-refractivity contribution in [2.45, 2.75) is 39.2 Å². The van der Waals surface area contributed by atoms with Gasteiger partial charge in [-0.3, -0.25) is 9.59 Å². The maximum atomic E-state index is 12.0. The molecular weight excluding hydrogens is 212 g/mol. The van der Waals surface area contributed by atoms with Crippen molar-refractivity contribution in [3.8, 4) is 0 Å². The lowest BCUT2D eigenvalue weighted by molar-refractivity contribution is -0.163. The molecule has 84 valence electrons. The first kappa shape index (κ1) is 11.0. The van der Waals surface area contributed by atoms with Crippen molar-refractivity contribution in [1.82, 2.24) is 0 Å². The van der Waals surface area contributed by atoms with E-state index in [9.17, 15) is 9.59 Å².